The standard InChI is InChI=1S/C14H20N2O3S/c1-9-5-11(16(3)4)6-10(2)14(9)15-12(17)7-20-8-13(18)19/h5-6H,7-8H2,1-4H3,(H,15,17)(H,18,19). The van der Waals surface area contributed by atoms with Gasteiger partial charge in [0, 0.05) is 25.5 Å². The number of benzene rings is 1. The summed E-state index contributed by atoms with van der Waals surface area (Å²) in [4.78, 5) is 24.2. The largest absolute Gasteiger partial charge is 0.481 e. The quantitative estimate of drug-likeness (QED) is 0.841. The molecule has 0 aromatic heterocycles. The van der Waals surface area contributed by atoms with E-state index in [4.69, 9.17) is 5.11 Å². The van der Waals surface area contributed by atoms with Gasteiger partial charge in [0.25, 0.3) is 0 Å². The van der Waals surface area contributed by atoms with E-state index in [0.29, 0.717) is 0 Å². The molecule has 0 atom stereocenters. The van der Waals surface area contributed by atoms with Crippen LogP contribution in [0.1, 0.15) is 11.1 Å². The molecule has 1 amide bonds. The Morgan fingerprint density at radius 2 is 1.75 bits per heavy atom. The number of hydrogen-bond acceptors (Lipinski definition) is 4. The van der Waals surface area contributed by atoms with Gasteiger partial charge in [0.05, 0.1) is 11.5 Å². The average molecular weight is 296 g/mol. The van der Waals surface area contributed by atoms with Crippen molar-refractivity contribution in [2.45, 2.75) is 13.8 Å². The fourth-order valence-electron chi connectivity index (χ4n) is 1.80. The number of aryl methyl sites for hydroxylation is 2. The molecule has 0 aliphatic heterocycles. The molecule has 0 heterocycles. The Morgan fingerprint density at radius 1 is 1.20 bits per heavy atom. The molecular formula is C14H20N2O3S. The average Bonchev–Trinajstić information content (AvgIpc) is 2.32. The van der Waals surface area contributed by atoms with Crippen LogP contribution in [0, 0.1) is 13.8 Å². The van der Waals surface area contributed by atoms with Gasteiger partial charge in [-0.3, -0.25) is 9.59 Å². The Bertz CT molecular complexity index is 492. The number of carbonyl (C=O) groups excluding carboxylic acids is 1. The Balaban J connectivity index is 2.72. The first-order chi connectivity index (χ1) is 9.31. The van der Waals surface area contributed by atoms with Crippen LogP contribution in [0.5, 0.6) is 0 Å². The molecule has 0 spiro atoms. The summed E-state index contributed by atoms with van der Waals surface area (Å²) in [5, 5.41) is 11.4. The number of anilines is 2. The monoisotopic (exact) mass is 296 g/mol. The summed E-state index contributed by atoms with van der Waals surface area (Å²) >= 11 is 1.09. The van der Waals surface area contributed by atoms with Crippen molar-refractivity contribution in [3.05, 3.63) is 23.3 Å². The third-order valence-electron chi connectivity index (χ3n) is 2.76. The normalized spacial score (nSPS) is 10.2. The molecule has 110 valence electrons. The van der Waals surface area contributed by atoms with Crippen LogP contribution in [0.3, 0.4) is 0 Å². The van der Waals surface area contributed by atoms with E-state index in [0.717, 1.165) is 34.3 Å². The summed E-state index contributed by atoms with van der Waals surface area (Å²) in [6, 6.07) is 4.01. The van der Waals surface area contributed by atoms with Crippen LogP contribution >= 0.6 is 11.8 Å². The topological polar surface area (TPSA) is 69.6 Å². The Hall–Kier alpha value is -1.69. The number of thioether (sulfide) groups is 1. The second-order valence-corrected chi connectivity index (χ2v) is 5.77. The molecule has 6 heteroatoms. The highest BCUT2D eigenvalue weighted by molar-refractivity contribution is 8.00. The van der Waals surface area contributed by atoms with Gasteiger partial charge in [0.2, 0.25) is 5.91 Å². The number of carbonyl (C=O) groups is 2. The maximum Gasteiger partial charge on any atom is 0.313 e. The second-order valence-electron chi connectivity index (χ2n) is 4.78. The minimum Gasteiger partial charge on any atom is -0.481 e. The summed E-state index contributed by atoms with van der Waals surface area (Å²) in [5.74, 6) is -1.02. The summed E-state index contributed by atoms with van der Waals surface area (Å²) in [6.45, 7) is 3.89. The highest BCUT2D eigenvalue weighted by Crippen LogP contribution is 2.26. The molecule has 1 aromatic rings. The van der Waals surface area contributed by atoms with Crippen molar-refractivity contribution in [2.24, 2.45) is 0 Å². The number of amides is 1. The van der Waals surface area contributed by atoms with Gasteiger partial charge in [-0.2, -0.15) is 0 Å². The summed E-state index contributed by atoms with van der Waals surface area (Å²) in [6.07, 6.45) is 0. The first-order valence-corrected chi connectivity index (χ1v) is 7.34. The van der Waals surface area contributed by atoms with Gasteiger partial charge in [0.15, 0.2) is 0 Å². The molecule has 0 saturated carbocycles. The van der Waals surface area contributed by atoms with Gasteiger partial charge < -0.3 is 15.3 Å². The zero-order valence-corrected chi connectivity index (χ0v) is 13.0. The maximum atomic E-state index is 11.8. The molecule has 0 fully saturated rings. The smallest absolute Gasteiger partial charge is 0.313 e. The zero-order chi connectivity index (χ0) is 15.3. The van der Waals surface area contributed by atoms with Crippen molar-refractivity contribution in [2.75, 3.05) is 35.8 Å². The Morgan fingerprint density at radius 3 is 2.20 bits per heavy atom. The lowest BCUT2D eigenvalue weighted by Gasteiger charge is -2.18. The number of hydrogen-bond donors (Lipinski definition) is 2. The first-order valence-electron chi connectivity index (χ1n) is 6.19. The third-order valence-corrected chi connectivity index (χ3v) is 3.67. The zero-order valence-electron chi connectivity index (χ0n) is 12.2. The lowest BCUT2D eigenvalue weighted by molar-refractivity contribution is -0.133. The van der Waals surface area contributed by atoms with Crippen LogP contribution in [0.4, 0.5) is 11.4 Å². The fraction of sp³-hybridized carbons (Fsp3) is 0.429. The molecule has 2 N–H and O–H groups in total. The Kier molecular flexibility index (Phi) is 5.88. The second kappa shape index (κ2) is 7.19. The van der Waals surface area contributed by atoms with Crippen molar-refractivity contribution < 1.29 is 14.7 Å². The fourth-order valence-corrected chi connectivity index (χ4v) is 2.34. The predicted octanol–water partition coefficient (Wildman–Crippen LogP) is 2.13. The predicted molar refractivity (Wildman–Crippen MR) is 83.8 cm³/mol. The SMILES string of the molecule is Cc1cc(N(C)C)cc(C)c1NC(=O)CSCC(=O)O. The van der Waals surface area contributed by atoms with E-state index >= 15 is 0 Å². The van der Waals surface area contributed by atoms with Crippen LogP contribution in [0.2, 0.25) is 0 Å². The molecule has 1 rings (SSSR count). The molecule has 20 heavy (non-hydrogen) atoms. The summed E-state index contributed by atoms with van der Waals surface area (Å²) < 4.78 is 0. The van der Waals surface area contributed by atoms with Gasteiger partial charge in [-0.1, -0.05) is 0 Å². The maximum absolute atomic E-state index is 11.8. The molecule has 0 unspecified atom stereocenters. The van der Waals surface area contributed by atoms with E-state index in [-0.39, 0.29) is 17.4 Å². The van der Waals surface area contributed by atoms with E-state index in [2.05, 4.69) is 5.32 Å². The highest BCUT2D eigenvalue weighted by Gasteiger charge is 2.10. The molecule has 5 nitrogen and oxygen atoms in total. The van der Waals surface area contributed by atoms with Crippen LogP contribution in [0.25, 0.3) is 0 Å². The van der Waals surface area contributed by atoms with E-state index in [1.54, 1.807) is 0 Å². The van der Waals surface area contributed by atoms with Crippen molar-refractivity contribution in [3.63, 3.8) is 0 Å². The number of aliphatic carboxylic acids is 1. The van der Waals surface area contributed by atoms with Crippen molar-refractivity contribution in [1.29, 1.82) is 0 Å². The molecule has 0 aliphatic carbocycles. The Labute approximate surface area is 123 Å². The van der Waals surface area contributed by atoms with E-state index in [1.807, 2.05) is 45.0 Å². The van der Waals surface area contributed by atoms with E-state index in [1.165, 1.54) is 0 Å². The van der Waals surface area contributed by atoms with Crippen LogP contribution < -0.4 is 10.2 Å². The lowest BCUT2D eigenvalue weighted by atomic mass is 10.1. The number of carboxylic acid groups (broad SMARTS) is 1. The van der Waals surface area contributed by atoms with Crippen molar-refractivity contribution >= 4 is 35.0 Å². The number of carboxylic acids is 1. The number of rotatable bonds is 6. The molecule has 0 bridgehead atoms. The van der Waals surface area contributed by atoms with Crippen LogP contribution in [0.15, 0.2) is 12.1 Å². The van der Waals surface area contributed by atoms with Gasteiger partial charge in [-0.05, 0) is 37.1 Å². The van der Waals surface area contributed by atoms with Crippen LogP contribution in [-0.2, 0) is 9.59 Å². The molecular weight excluding hydrogens is 276 g/mol. The van der Waals surface area contributed by atoms with Gasteiger partial charge in [-0.15, -0.1) is 11.8 Å². The highest BCUT2D eigenvalue weighted by atomic mass is 32.2. The number of nitrogens with zero attached hydrogens (tertiary/aromatic N) is 1. The molecule has 1 aromatic carbocycles. The minimum absolute atomic E-state index is 0.0645. The van der Waals surface area contributed by atoms with Crippen molar-refractivity contribution in [3.8, 4) is 0 Å². The molecule has 0 radical (unpaired) electrons. The van der Waals surface area contributed by atoms with E-state index in [9.17, 15) is 9.59 Å². The van der Waals surface area contributed by atoms with Gasteiger partial charge >= 0.3 is 5.97 Å². The van der Waals surface area contributed by atoms with E-state index < -0.39 is 5.97 Å². The first kappa shape index (κ1) is 16.4. The van der Waals surface area contributed by atoms with Crippen molar-refractivity contribution in [1.82, 2.24) is 0 Å². The lowest BCUT2D eigenvalue weighted by Crippen LogP contribution is -2.17. The summed E-state index contributed by atoms with van der Waals surface area (Å²) in [5.41, 5.74) is 3.87. The molecule has 0 aliphatic rings. The van der Waals surface area contributed by atoms with Gasteiger partial charge in [-0.25, -0.2) is 0 Å². The summed E-state index contributed by atoms with van der Waals surface area (Å²) in [7, 11) is 3.93. The molecule has 0 saturated heterocycles. The number of nitrogens with one attached hydrogen (secondary N) is 1. The van der Waals surface area contributed by atoms with Gasteiger partial charge in [0.1, 0.15) is 0 Å². The third kappa shape index (κ3) is 4.77. The van der Waals surface area contributed by atoms with Crippen LogP contribution in [-0.4, -0.2) is 42.6 Å². The minimum atomic E-state index is -0.912.